The molecule has 5 aromatic carbocycles. The summed E-state index contributed by atoms with van der Waals surface area (Å²) >= 11 is 0. The van der Waals surface area contributed by atoms with Gasteiger partial charge in [0.05, 0.1) is 25.9 Å². The molecule has 0 saturated carbocycles. The molecule has 5 nitrogen and oxygen atoms in total. The Morgan fingerprint density at radius 1 is 0.794 bits per heavy atom. The Hall–Kier alpha value is -4.55. The van der Waals surface area contributed by atoms with Crippen LogP contribution < -0.4 is 10.6 Å². The number of hydrogen-bond acceptors (Lipinski definition) is 4. The molecule has 0 amide bonds. The van der Waals surface area contributed by atoms with Gasteiger partial charge in [-0.15, -0.1) is 0 Å². The van der Waals surface area contributed by atoms with Crippen LogP contribution in [-0.4, -0.2) is 10.2 Å². The summed E-state index contributed by atoms with van der Waals surface area (Å²) in [6.07, 6.45) is 0. The molecular formula is C29H18N2O3. The second-order valence-electron chi connectivity index (χ2n) is 8.13. The van der Waals surface area contributed by atoms with E-state index in [-0.39, 0.29) is 29.6 Å². The van der Waals surface area contributed by atoms with Gasteiger partial charge >= 0.3 is 0 Å². The van der Waals surface area contributed by atoms with E-state index >= 15 is 0 Å². The molecule has 0 saturated heterocycles. The van der Waals surface area contributed by atoms with E-state index in [4.69, 9.17) is 6.57 Å². The normalized spacial score (nSPS) is 12.0. The Morgan fingerprint density at radius 3 is 1.74 bits per heavy atom. The molecule has 0 radical (unpaired) electrons. The van der Waals surface area contributed by atoms with Gasteiger partial charge in [0, 0.05) is 10.6 Å². The molecule has 162 valence electrons. The van der Waals surface area contributed by atoms with Gasteiger partial charge in [0.2, 0.25) is 0 Å². The number of aliphatic hydroxyl groups is 2. The third-order valence-electron chi connectivity index (χ3n) is 6.18. The predicted molar refractivity (Wildman–Crippen MR) is 132 cm³/mol. The van der Waals surface area contributed by atoms with E-state index < -0.39 is 0 Å². The number of hydrogen-bond donors (Lipinski definition) is 2. The largest absolute Gasteiger partial charge is 0.392 e. The lowest BCUT2D eigenvalue weighted by atomic mass is 9.94. The van der Waals surface area contributed by atoms with E-state index in [0.717, 1.165) is 44.2 Å². The molecule has 34 heavy (non-hydrogen) atoms. The van der Waals surface area contributed by atoms with E-state index in [1.54, 1.807) is 0 Å². The van der Waals surface area contributed by atoms with Gasteiger partial charge in [-0.3, -0.25) is 4.79 Å². The summed E-state index contributed by atoms with van der Waals surface area (Å²) in [6.45, 7) is 7.34. The number of nitriles is 1. The van der Waals surface area contributed by atoms with Crippen molar-refractivity contribution in [3.8, 4) is 28.3 Å². The maximum atomic E-state index is 13.4. The SMILES string of the molecule is [C-]#[N+]/C(C#N)=c1\c(=O)c2cc(-c3ccc(CO)cc3)cc3cc(-c4ccc(CO)cc4)cc1c32. The highest BCUT2D eigenvalue weighted by Gasteiger charge is 2.17. The van der Waals surface area contributed by atoms with Crippen molar-refractivity contribution in [1.82, 2.24) is 0 Å². The minimum Gasteiger partial charge on any atom is -0.392 e. The van der Waals surface area contributed by atoms with Crippen LogP contribution in [0.3, 0.4) is 0 Å². The van der Waals surface area contributed by atoms with E-state index in [1.165, 1.54) is 0 Å². The van der Waals surface area contributed by atoms with E-state index in [0.29, 0.717) is 10.8 Å². The van der Waals surface area contributed by atoms with Crippen LogP contribution in [0, 0.1) is 17.9 Å². The maximum Gasteiger partial charge on any atom is 0.273 e. The van der Waals surface area contributed by atoms with E-state index in [9.17, 15) is 20.3 Å². The highest BCUT2D eigenvalue weighted by molar-refractivity contribution is 6.16. The standard InChI is InChI=1S/C29H18N2O3/c1-31-26(14-30)28-24-12-21(19-6-2-17(15-32)3-7-19)10-23-11-22(13-25(27(23)24)29(28)34)20-8-4-18(16-33)5-9-20/h2-13,32-33H,15-16H2/b28-26-. The Balaban J connectivity index is 1.88. The predicted octanol–water partition coefficient (Wildman–Crippen LogP) is 4.38. The number of aliphatic hydroxyl groups excluding tert-OH is 2. The molecule has 0 aromatic heterocycles. The Labute approximate surface area is 195 Å². The fourth-order valence-corrected chi connectivity index (χ4v) is 4.46. The van der Waals surface area contributed by atoms with Gasteiger partial charge in [-0.05, 0) is 73.8 Å². The third kappa shape index (κ3) is 3.37. The zero-order chi connectivity index (χ0) is 23.8. The molecule has 0 aliphatic rings. The van der Waals surface area contributed by atoms with Gasteiger partial charge in [0.15, 0.2) is 5.43 Å². The molecule has 0 heterocycles. The van der Waals surface area contributed by atoms with Gasteiger partial charge < -0.3 is 10.2 Å². The first-order valence-electron chi connectivity index (χ1n) is 10.7. The van der Waals surface area contributed by atoms with Gasteiger partial charge in [0.1, 0.15) is 0 Å². The monoisotopic (exact) mass is 442 g/mol. The Kier molecular flexibility index (Phi) is 5.28. The summed E-state index contributed by atoms with van der Waals surface area (Å²) in [5.74, 6) is 0. The molecule has 0 aliphatic heterocycles. The molecule has 0 aliphatic carbocycles. The molecular weight excluding hydrogens is 424 g/mol. The van der Waals surface area contributed by atoms with Crippen LogP contribution in [0.1, 0.15) is 11.1 Å². The summed E-state index contributed by atoms with van der Waals surface area (Å²) in [7, 11) is 0. The van der Waals surface area contributed by atoms with Crippen LogP contribution in [0.5, 0.6) is 0 Å². The van der Waals surface area contributed by atoms with Crippen molar-refractivity contribution < 1.29 is 10.2 Å². The van der Waals surface area contributed by atoms with Crippen LogP contribution in [0.15, 0.2) is 77.6 Å². The second kappa shape index (κ2) is 8.42. The fraction of sp³-hybridized carbons (Fsp3) is 0.0690. The number of rotatable bonds is 4. The van der Waals surface area contributed by atoms with Gasteiger partial charge in [-0.25, -0.2) is 10.1 Å². The maximum absolute atomic E-state index is 13.4. The second-order valence-corrected chi connectivity index (χ2v) is 8.13. The van der Waals surface area contributed by atoms with Crippen LogP contribution in [0.4, 0.5) is 0 Å². The summed E-state index contributed by atoms with van der Waals surface area (Å²) in [4.78, 5) is 16.8. The first-order chi connectivity index (χ1) is 16.6. The Bertz CT molecular complexity index is 1720. The molecule has 0 atom stereocenters. The van der Waals surface area contributed by atoms with E-state index in [1.807, 2.05) is 78.9 Å². The molecule has 5 rings (SSSR count). The molecule has 0 unspecified atom stereocenters. The third-order valence-corrected chi connectivity index (χ3v) is 6.18. The van der Waals surface area contributed by atoms with Crippen molar-refractivity contribution in [2.24, 2.45) is 0 Å². The molecule has 0 fully saturated rings. The van der Waals surface area contributed by atoms with Crippen molar-refractivity contribution in [3.63, 3.8) is 0 Å². The molecule has 5 heteroatoms. The highest BCUT2D eigenvalue weighted by Crippen LogP contribution is 2.34. The van der Waals surface area contributed by atoms with Crippen molar-refractivity contribution >= 4 is 27.2 Å². The smallest absolute Gasteiger partial charge is 0.273 e. The zero-order valence-electron chi connectivity index (χ0n) is 18.0. The average Bonchev–Trinajstić information content (AvgIpc) is 3.17. The van der Waals surface area contributed by atoms with Crippen molar-refractivity contribution in [2.75, 3.05) is 0 Å². The van der Waals surface area contributed by atoms with Crippen molar-refractivity contribution in [1.29, 1.82) is 5.26 Å². The first kappa shape index (κ1) is 21.3. The van der Waals surface area contributed by atoms with Crippen LogP contribution in [0.25, 0.3) is 54.3 Å². The quantitative estimate of drug-likeness (QED) is 0.405. The Morgan fingerprint density at radius 2 is 1.29 bits per heavy atom. The fourth-order valence-electron chi connectivity index (χ4n) is 4.46. The lowest BCUT2D eigenvalue weighted by Gasteiger charge is -2.09. The van der Waals surface area contributed by atoms with Gasteiger partial charge in [0.25, 0.3) is 5.70 Å². The lowest BCUT2D eigenvalue weighted by molar-refractivity contribution is 0.281. The molecule has 0 bridgehead atoms. The summed E-state index contributed by atoms with van der Waals surface area (Å²) in [5.41, 5.74) is 4.52. The van der Waals surface area contributed by atoms with Crippen molar-refractivity contribution in [3.05, 3.63) is 111 Å². The summed E-state index contributed by atoms with van der Waals surface area (Å²) < 4.78 is 0. The average molecular weight is 442 g/mol. The van der Waals surface area contributed by atoms with Gasteiger partial charge in [-0.1, -0.05) is 48.5 Å². The minimum absolute atomic E-state index is 0.0504. The van der Waals surface area contributed by atoms with Gasteiger partial charge in [-0.2, -0.15) is 0 Å². The van der Waals surface area contributed by atoms with E-state index in [2.05, 4.69) is 4.85 Å². The lowest BCUT2D eigenvalue weighted by Crippen LogP contribution is -2.21. The van der Waals surface area contributed by atoms with Crippen molar-refractivity contribution in [2.45, 2.75) is 13.2 Å². The number of nitrogens with zero attached hydrogens (tertiary/aromatic N) is 2. The molecule has 2 N–H and O–H groups in total. The molecule has 5 aromatic rings. The number of benzene rings is 4. The minimum atomic E-state index is -0.325. The topological polar surface area (TPSA) is 85.7 Å². The highest BCUT2D eigenvalue weighted by atomic mass is 16.3. The van der Waals surface area contributed by atoms with Crippen LogP contribution in [0.2, 0.25) is 0 Å². The molecule has 0 spiro atoms. The van der Waals surface area contributed by atoms with Crippen LogP contribution in [-0.2, 0) is 13.2 Å². The van der Waals surface area contributed by atoms with Crippen LogP contribution >= 0.6 is 0 Å². The summed E-state index contributed by atoms with van der Waals surface area (Å²) in [6, 6.07) is 24.5. The first-order valence-corrected chi connectivity index (χ1v) is 10.7. The zero-order valence-corrected chi connectivity index (χ0v) is 18.0. The summed E-state index contributed by atoms with van der Waals surface area (Å²) in [5, 5.41) is 31.0.